The van der Waals surface area contributed by atoms with Crippen molar-refractivity contribution in [2.24, 2.45) is 0 Å². The molecule has 0 saturated carbocycles. The van der Waals surface area contributed by atoms with Crippen LogP contribution in [0.5, 0.6) is 0 Å². The lowest BCUT2D eigenvalue weighted by molar-refractivity contribution is -0.261. The monoisotopic (exact) mass is 176 g/mol. The van der Waals surface area contributed by atoms with Gasteiger partial charge in [-0.15, -0.1) is 0 Å². The molecule has 0 aliphatic rings. The average Bonchev–Trinajstić information content (AvgIpc) is 2.01. The second kappa shape index (κ2) is 7.78. The molecule has 3 nitrogen and oxygen atoms in total. The Morgan fingerprint density at radius 3 is 2.18 bits per heavy atom. The largest absolute Gasteiger partial charge is 0.450 e. The molecule has 0 heterocycles. The molecule has 0 atom stereocenters. The summed E-state index contributed by atoms with van der Waals surface area (Å²) >= 11 is 0. The van der Waals surface area contributed by atoms with E-state index in [4.69, 9.17) is 14.2 Å². The first-order valence-electron chi connectivity index (χ1n) is 3.85. The van der Waals surface area contributed by atoms with E-state index in [0.29, 0.717) is 13.2 Å². The summed E-state index contributed by atoms with van der Waals surface area (Å²) in [4.78, 5) is 0. The highest BCUT2D eigenvalue weighted by atomic mass is 28.1. The van der Waals surface area contributed by atoms with E-state index in [0.717, 1.165) is 10.2 Å². The SMILES string of the molecule is CCOC(OC=C[SiH3])OCC. The van der Waals surface area contributed by atoms with Gasteiger partial charge in [-0.25, -0.2) is 0 Å². The highest BCUT2D eigenvalue weighted by Gasteiger charge is 2.04. The van der Waals surface area contributed by atoms with Crippen LogP contribution in [0.1, 0.15) is 13.8 Å². The second-order valence-electron chi connectivity index (χ2n) is 1.80. The van der Waals surface area contributed by atoms with Crippen LogP contribution >= 0.6 is 0 Å². The van der Waals surface area contributed by atoms with E-state index in [1.165, 1.54) is 0 Å². The van der Waals surface area contributed by atoms with Crippen LogP contribution in [0.2, 0.25) is 0 Å². The van der Waals surface area contributed by atoms with Crippen molar-refractivity contribution in [3.05, 3.63) is 12.0 Å². The summed E-state index contributed by atoms with van der Waals surface area (Å²) in [5, 5.41) is 0. The van der Waals surface area contributed by atoms with Crippen molar-refractivity contribution in [2.45, 2.75) is 20.3 Å². The maximum Gasteiger partial charge on any atom is 0.315 e. The smallest absolute Gasteiger partial charge is 0.315 e. The molecule has 0 aliphatic carbocycles. The van der Waals surface area contributed by atoms with Gasteiger partial charge in [0, 0.05) is 10.2 Å². The summed E-state index contributed by atoms with van der Waals surface area (Å²) in [5.41, 5.74) is 1.92. The van der Waals surface area contributed by atoms with Crippen molar-refractivity contribution >= 4 is 10.2 Å². The lowest BCUT2D eigenvalue weighted by atomic mass is 10.8. The van der Waals surface area contributed by atoms with Gasteiger partial charge >= 0.3 is 6.48 Å². The van der Waals surface area contributed by atoms with E-state index in [1.54, 1.807) is 6.26 Å². The third-order valence-corrected chi connectivity index (χ3v) is 1.20. The second-order valence-corrected chi connectivity index (χ2v) is 2.47. The number of hydrogen-bond acceptors (Lipinski definition) is 3. The van der Waals surface area contributed by atoms with Gasteiger partial charge in [0.2, 0.25) is 0 Å². The third kappa shape index (κ3) is 6.09. The molecule has 0 radical (unpaired) electrons. The Morgan fingerprint density at radius 2 is 1.82 bits per heavy atom. The standard InChI is InChI=1S/C7H16O3Si/c1-3-8-7(9-4-2)10-5-6-11/h5-7H,3-4H2,1-2,11H3. The van der Waals surface area contributed by atoms with Gasteiger partial charge in [-0.2, -0.15) is 0 Å². The van der Waals surface area contributed by atoms with Crippen LogP contribution in [0.3, 0.4) is 0 Å². The summed E-state index contributed by atoms with van der Waals surface area (Å²) < 4.78 is 15.3. The molecule has 0 aromatic carbocycles. The van der Waals surface area contributed by atoms with Gasteiger partial charge < -0.3 is 14.2 Å². The number of ether oxygens (including phenoxy) is 3. The Hall–Kier alpha value is -0.323. The summed E-state index contributed by atoms with van der Waals surface area (Å²) in [6.07, 6.45) is 1.61. The predicted molar refractivity (Wildman–Crippen MR) is 47.2 cm³/mol. The first-order valence-corrected chi connectivity index (χ1v) is 5.00. The number of hydrogen-bond donors (Lipinski definition) is 0. The molecule has 4 heteroatoms. The van der Waals surface area contributed by atoms with Crippen LogP contribution in [0.15, 0.2) is 12.0 Å². The highest BCUT2D eigenvalue weighted by Crippen LogP contribution is 1.97. The van der Waals surface area contributed by atoms with Crippen molar-refractivity contribution in [1.82, 2.24) is 0 Å². The molecule has 0 bridgehead atoms. The van der Waals surface area contributed by atoms with E-state index >= 15 is 0 Å². The summed E-state index contributed by atoms with van der Waals surface area (Å²) in [7, 11) is 0.986. The zero-order valence-electron chi connectivity index (χ0n) is 7.37. The van der Waals surface area contributed by atoms with E-state index in [-0.39, 0.29) is 0 Å². The van der Waals surface area contributed by atoms with Gasteiger partial charge in [-0.05, 0) is 13.8 Å². The lowest BCUT2D eigenvalue weighted by Gasteiger charge is -2.14. The van der Waals surface area contributed by atoms with Gasteiger partial charge in [-0.3, -0.25) is 0 Å². The Bertz CT molecular complexity index is 99.9. The minimum absolute atomic E-state index is 0.532. The average molecular weight is 176 g/mol. The molecule has 0 aromatic heterocycles. The quantitative estimate of drug-likeness (QED) is 0.329. The fraction of sp³-hybridized carbons (Fsp3) is 0.714. The van der Waals surface area contributed by atoms with Crippen LogP contribution in [0.25, 0.3) is 0 Å². The van der Waals surface area contributed by atoms with Crippen LogP contribution in [0.4, 0.5) is 0 Å². The van der Waals surface area contributed by atoms with Gasteiger partial charge in [0.15, 0.2) is 0 Å². The number of rotatable bonds is 6. The lowest BCUT2D eigenvalue weighted by Crippen LogP contribution is -2.18. The van der Waals surface area contributed by atoms with Crippen molar-refractivity contribution in [3.8, 4) is 0 Å². The maximum atomic E-state index is 5.10. The predicted octanol–water partition coefficient (Wildman–Crippen LogP) is 0.196. The topological polar surface area (TPSA) is 27.7 Å². The first-order chi connectivity index (χ1) is 5.35. The third-order valence-electron chi connectivity index (χ3n) is 0.931. The fourth-order valence-electron chi connectivity index (χ4n) is 0.542. The molecule has 0 fully saturated rings. The van der Waals surface area contributed by atoms with Crippen LogP contribution in [0, 0.1) is 0 Å². The molecular formula is C7H16O3Si. The van der Waals surface area contributed by atoms with Gasteiger partial charge in [-0.1, -0.05) is 5.70 Å². The van der Waals surface area contributed by atoms with E-state index in [1.807, 2.05) is 19.5 Å². The van der Waals surface area contributed by atoms with E-state index < -0.39 is 6.48 Å². The zero-order chi connectivity index (χ0) is 8.53. The fourth-order valence-corrected chi connectivity index (χ4v) is 0.699. The minimum atomic E-state index is -0.532. The Morgan fingerprint density at radius 1 is 1.27 bits per heavy atom. The Balaban J connectivity index is 3.50. The highest BCUT2D eigenvalue weighted by molar-refractivity contribution is 6.16. The summed E-state index contributed by atoms with van der Waals surface area (Å²) in [5.74, 6) is 0. The molecule has 0 aromatic rings. The van der Waals surface area contributed by atoms with Crippen molar-refractivity contribution in [1.29, 1.82) is 0 Å². The Kier molecular flexibility index (Phi) is 7.55. The molecule has 66 valence electrons. The molecular weight excluding hydrogens is 160 g/mol. The molecule has 0 N–H and O–H groups in total. The molecule has 0 rings (SSSR count). The van der Waals surface area contributed by atoms with Gasteiger partial charge in [0.25, 0.3) is 0 Å². The first kappa shape index (κ1) is 10.7. The van der Waals surface area contributed by atoms with E-state index in [9.17, 15) is 0 Å². The van der Waals surface area contributed by atoms with Crippen molar-refractivity contribution in [3.63, 3.8) is 0 Å². The van der Waals surface area contributed by atoms with E-state index in [2.05, 4.69) is 0 Å². The molecule has 11 heavy (non-hydrogen) atoms. The van der Waals surface area contributed by atoms with Gasteiger partial charge in [0.05, 0.1) is 19.5 Å². The Labute approximate surface area is 70.8 Å². The molecule has 0 spiro atoms. The summed E-state index contributed by atoms with van der Waals surface area (Å²) in [6.45, 7) is 4.47. The summed E-state index contributed by atoms with van der Waals surface area (Å²) in [6, 6.07) is 0. The molecule has 0 unspecified atom stereocenters. The minimum Gasteiger partial charge on any atom is -0.450 e. The van der Waals surface area contributed by atoms with Crippen molar-refractivity contribution < 1.29 is 14.2 Å². The van der Waals surface area contributed by atoms with Crippen LogP contribution in [-0.2, 0) is 14.2 Å². The molecule has 0 saturated heterocycles. The molecule has 0 amide bonds. The van der Waals surface area contributed by atoms with Crippen molar-refractivity contribution in [2.75, 3.05) is 13.2 Å². The molecule has 0 aliphatic heterocycles. The zero-order valence-corrected chi connectivity index (χ0v) is 9.37. The maximum absolute atomic E-state index is 5.10. The normalized spacial score (nSPS) is 11.5. The van der Waals surface area contributed by atoms with Gasteiger partial charge in [0.1, 0.15) is 0 Å². The van der Waals surface area contributed by atoms with Crippen LogP contribution < -0.4 is 0 Å². The van der Waals surface area contributed by atoms with Crippen LogP contribution in [-0.4, -0.2) is 29.9 Å².